The van der Waals surface area contributed by atoms with Gasteiger partial charge in [0, 0.05) is 24.7 Å². The van der Waals surface area contributed by atoms with E-state index in [2.05, 4.69) is 12.2 Å². The summed E-state index contributed by atoms with van der Waals surface area (Å²) in [5.74, 6) is 0.713. The fourth-order valence-corrected chi connectivity index (χ4v) is 3.09. The molecule has 1 aromatic carbocycles. The largest absolute Gasteiger partial charge is 0.491 e. The van der Waals surface area contributed by atoms with Gasteiger partial charge in [-0.3, -0.25) is 0 Å². The third kappa shape index (κ3) is 5.13. The van der Waals surface area contributed by atoms with Gasteiger partial charge in [-0.25, -0.2) is 4.79 Å². The van der Waals surface area contributed by atoms with Crippen LogP contribution in [-0.2, 0) is 6.54 Å². The number of para-hydroxylation sites is 1. The van der Waals surface area contributed by atoms with E-state index < -0.39 is 0 Å². The molecule has 1 aromatic rings. The van der Waals surface area contributed by atoms with Crippen LogP contribution in [0.15, 0.2) is 24.3 Å². The van der Waals surface area contributed by atoms with Crippen LogP contribution in [-0.4, -0.2) is 41.8 Å². The van der Waals surface area contributed by atoms with Crippen LogP contribution in [0.1, 0.15) is 44.6 Å². The molecule has 23 heavy (non-hydrogen) atoms. The van der Waals surface area contributed by atoms with Crippen LogP contribution in [0, 0.1) is 0 Å². The number of amides is 2. The molecule has 1 heterocycles. The fraction of sp³-hybridized carbons (Fsp3) is 0.611. The second-order valence-corrected chi connectivity index (χ2v) is 5.94. The summed E-state index contributed by atoms with van der Waals surface area (Å²) in [6.45, 7) is 3.66. The summed E-state index contributed by atoms with van der Waals surface area (Å²) in [6.07, 6.45) is 5.60. The predicted molar refractivity (Wildman–Crippen MR) is 90.5 cm³/mol. The third-order valence-corrected chi connectivity index (χ3v) is 4.36. The molecule has 0 aromatic heterocycles. The maximum Gasteiger partial charge on any atom is 0.317 e. The van der Waals surface area contributed by atoms with Gasteiger partial charge < -0.3 is 20.1 Å². The number of hydrogen-bond donors (Lipinski definition) is 2. The molecular weight excluding hydrogens is 292 g/mol. The number of carbonyl (C=O) groups is 1. The van der Waals surface area contributed by atoms with Crippen LogP contribution >= 0.6 is 0 Å². The van der Waals surface area contributed by atoms with Gasteiger partial charge in [0.05, 0.1) is 6.61 Å². The second-order valence-electron chi connectivity index (χ2n) is 5.94. The summed E-state index contributed by atoms with van der Waals surface area (Å²) in [4.78, 5) is 14.5. The van der Waals surface area contributed by atoms with E-state index in [-0.39, 0.29) is 19.2 Å². The Bertz CT molecular complexity index is 493. The van der Waals surface area contributed by atoms with Gasteiger partial charge in [-0.1, -0.05) is 38.0 Å². The molecule has 0 aliphatic carbocycles. The molecule has 2 rings (SSSR count). The van der Waals surface area contributed by atoms with Gasteiger partial charge in [0.2, 0.25) is 0 Å². The van der Waals surface area contributed by atoms with Gasteiger partial charge in [0.25, 0.3) is 0 Å². The smallest absolute Gasteiger partial charge is 0.317 e. The Morgan fingerprint density at radius 1 is 1.35 bits per heavy atom. The first-order valence-corrected chi connectivity index (χ1v) is 8.62. The van der Waals surface area contributed by atoms with Gasteiger partial charge in [0.15, 0.2) is 0 Å². The molecule has 2 N–H and O–H groups in total. The molecule has 1 atom stereocenters. The molecule has 1 aliphatic rings. The molecule has 1 saturated heterocycles. The van der Waals surface area contributed by atoms with E-state index in [0.29, 0.717) is 18.3 Å². The standard InChI is InChI=1S/C18H28N2O3/c1-2-16-9-4-3-7-11-20(16)18(22)19-14-15-8-5-6-10-17(15)23-13-12-21/h5-6,8,10,16,21H,2-4,7,9,11-14H2,1H3,(H,19,22). The Morgan fingerprint density at radius 3 is 2.96 bits per heavy atom. The first-order valence-electron chi connectivity index (χ1n) is 8.62. The van der Waals surface area contributed by atoms with E-state index in [4.69, 9.17) is 9.84 Å². The first-order chi connectivity index (χ1) is 11.3. The molecule has 1 unspecified atom stereocenters. The van der Waals surface area contributed by atoms with Crippen molar-refractivity contribution in [2.75, 3.05) is 19.8 Å². The van der Waals surface area contributed by atoms with E-state index >= 15 is 0 Å². The quantitative estimate of drug-likeness (QED) is 0.847. The van der Waals surface area contributed by atoms with Crippen molar-refractivity contribution >= 4 is 6.03 Å². The molecule has 128 valence electrons. The zero-order chi connectivity index (χ0) is 16.5. The molecule has 5 nitrogen and oxygen atoms in total. The lowest BCUT2D eigenvalue weighted by Crippen LogP contribution is -2.45. The molecule has 0 radical (unpaired) electrons. The maximum atomic E-state index is 12.6. The average molecular weight is 320 g/mol. The molecule has 2 amide bonds. The minimum absolute atomic E-state index is 0.00992. The Hall–Kier alpha value is -1.75. The zero-order valence-corrected chi connectivity index (χ0v) is 14.0. The van der Waals surface area contributed by atoms with Crippen LogP contribution in [0.5, 0.6) is 5.75 Å². The van der Waals surface area contributed by atoms with E-state index in [1.807, 2.05) is 29.2 Å². The monoisotopic (exact) mass is 320 g/mol. The number of nitrogens with one attached hydrogen (secondary N) is 1. The minimum Gasteiger partial charge on any atom is -0.491 e. The lowest BCUT2D eigenvalue weighted by molar-refractivity contribution is 0.172. The lowest BCUT2D eigenvalue weighted by Gasteiger charge is -2.29. The van der Waals surface area contributed by atoms with Crippen molar-refractivity contribution in [2.45, 2.75) is 51.6 Å². The van der Waals surface area contributed by atoms with Crippen molar-refractivity contribution in [3.63, 3.8) is 0 Å². The number of rotatable bonds is 6. The van der Waals surface area contributed by atoms with Crippen molar-refractivity contribution < 1.29 is 14.6 Å². The number of carbonyl (C=O) groups excluding carboxylic acids is 1. The molecular formula is C18H28N2O3. The highest BCUT2D eigenvalue weighted by Crippen LogP contribution is 2.20. The predicted octanol–water partition coefficient (Wildman–Crippen LogP) is 2.92. The highest BCUT2D eigenvalue weighted by atomic mass is 16.5. The van der Waals surface area contributed by atoms with Gasteiger partial charge in [-0.05, 0) is 25.3 Å². The summed E-state index contributed by atoms with van der Waals surface area (Å²) < 4.78 is 5.51. The van der Waals surface area contributed by atoms with Gasteiger partial charge >= 0.3 is 6.03 Å². The van der Waals surface area contributed by atoms with Crippen molar-refractivity contribution in [3.05, 3.63) is 29.8 Å². The van der Waals surface area contributed by atoms with Crippen molar-refractivity contribution in [1.82, 2.24) is 10.2 Å². The number of hydrogen-bond acceptors (Lipinski definition) is 3. The van der Waals surface area contributed by atoms with Crippen LogP contribution in [0.25, 0.3) is 0 Å². The summed E-state index contributed by atoms with van der Waals surface area (Å²) >= 11 is 0. The number of urea groups is 1. The topological polar surface area (TPSA) is 61.8 Å². The number of aliphatic hydroxyl groups is 1. The van der Waals surface area contributed by atoms with Crippen LogP contribution < -0.4 is 10.1 Å². The summed E-state index contributed by atoms with van der Waals surface area (Å²) in [6, 6.07) is 7.97. The number of likely N-dealkylation sites (tertiary alicyclic amines) is 1. The summed E-state index contributed by atoms with van der Waals surface area (Å²) in [5.41, 5.74) is 0.928. The maximum absolute atomic E-state index is 12.6. The van der Waals surface area contributed by atoms with Gasteiger partial charge in [0.1, 0.15) is 12.4 Å². The van der Waals surface area contributed by atoms with Crippen LogP contribution in [0.2, 0.25) is 0 Å². The zero-order valence-electron chi connectivity index (χ0n) is 14.0. The molecule has 0 saturated carbocycles. The Labute approximate surface area is 138 Å². The Kier molecular flexibility index (Phi) is 7.20. The minimum atomic E-state index is -0.0212. The Balaban J connectivity index is 1.95. The van der Waals surface area contributed by atoms with E-state index in [0.717, 1.165) is 31.4 Å². The van der Waals surface area contributed by atoms with Crippen molar-refractivity contribution in [2.24, 2.45) is 0 Å². The third-order valence-electron chi connectivity index (χ3n) is 4.36. The average Bonchev–Trinajstić information content (AvgIpc) is 2.83. The highest BCUT2D eigenvalue weighted by Gasteiger charge is 2.23. The first kappa shape index (κ1) is 17.6. The SMILES string of the molecule is CCC1CCCCCN1C(=O)NCc1ccccc1OCCO. The molecule has 0 spiro atoms. The van der Waals surface area contributed by atoms with Gasteiger partial charge in [-0.15, -0.1) is 0 Å². The van der Waals surface area contributed by atoms with Gasteiger partial charge in [-0.2, -0.15) is 0 Å². The number of nitrogens with zero attached hydrogens (tertiary/aromatic N) is 1. The van der Waals surface area contributed by atoms with Crippen molar-refractivity contribution in [1.29, 1.82) is 0 Å². The van der Waals surface area contributed by atoms with E-state index in [1.54, 1.807) is 0 Å². The summed E-state index contributed by atoms with van der Waals surface area (Å²) in [7, 11) is 0. The number of aliphatic hydroxyl groups excluding tert-OH is 1. The van der Waals surface area contributed by atoms with Crippen molar-refractivity contribution in [3.8, 4) is 5.75 Å². The molecule has 5 heteroatoms. The second kappa shape index (κ2) is 9.40. The number of benzene rings is 1. The fourth-order valence-electron chi connectivity index (χ4n) is 3.09. The lowest BCUT2D eigenvalue weighted by atomic mass is 10.1. The molecule has 0 bridgehead atoms. The molecule has 1 fully saturated rings. The van der Waals surface area contributed by atoms with Crippen LogP contribution in [0.4, 0.5) is 4.79 Å². The highest BCUT2D eigenvalue weighted by molar-refractivity contribution is 5.74. The van der Waals surface area contributed by atoms with Crippen LogP contribution in [0.3, 0.4) is 0 Å². The van der Waals surface area contributed by atoms with E-state index in [1.165, 1.54) is 12.8 Å². The Morgan fingerprint density at radius 2 is 2.17 bits per heavy atom. The normalized spacial score (nSPS) is 18.3. The summed E-state index contributed by atoms with van der Waals surface area (Å²) in [5, 5.41) is 11.9. The number of ether oxygens (including phenoxy) is 1. The van der Waals surface area contributed by atoms with E-state index in [9.17, 15) is 4.79 Å². The molecule has 1 aliphatic heterocycles.